The molecule has 70 valence electrons. The molecule has 3 heteroatoms. The third-order valence-electron chi connectivity index (χ3n) is 2.59. The number of rotatable bonds is 0. The lowest BCUT2D eigenvalue weighted by Gasteiger charge is -2.26. The summed E-state index contributed by atoms with van der Waals surface area (Å²) in [4.78, 5) is 0. The van der Waals surface area contributed by atoms with Gasteiger partial charge in [0.2, 0.25) is 0 Å². The highest BCUT2D eigenvalue weighted by atomic mass is 16.8. The van der Waals surface area contributed by atoms with Crippen LogP contribution in [0.3, 0.4) is 0 Å². The molecular weight excluding hydrogens is 156 g/mol. The molecular formula is C9H16O3. The molecule has 2 aliphatic rings. The third-order valence-corrected chi connectivity index (χ3v) is 2.59. The van der Waals surface area contributed by atoms with Crippen LogP contribution in [-0.2, 0) is 9.47 Å². The number of aliphatic hydroxyl groups excluding tert-OH is 1. The fraction of sp³-hybridized carbons (Fsp3) is 1.00. The van der Waals surface area contributed by atoms with E-state index in [0.717, 1.165) is 19.3 Å². The molecule has 12 heavy (non-hydrogen) atoms. The highest BCUT2D eigenvalue weighted by Gasteiger charge is 2.46. The molecule has 0 bridgehead atoms. The highest BCUT2D eigenvalue weighted by Crippen LogP contribution is 2.36. The van der Waals surface area contributed by atoms with Gasteiger partial charge in [-0.15, -0.1) is 0 Å². The molecule has 0 amide bonds. The minimum Gasteiger partial charge on any atom is -0.390 e. The Morgan fingerprint density at radius 3 is 2.67 bits per heavy atom. The molecule has 0 unspecified atom stereocenters. The Kier molecular flexibility index (Phi) is 1.90. The first-order valence-corrected chi connectivity index (χ1v) is 4.62. The molecule has 2 rings (SSSR count). The van der Waals surface area contributed by atoms with Crippen LogP contribution < -0.4 is 0 Å². The Labute approximate surface area is 72.7 Å². The molecule has 0 radical (unpaired) electrons. The largest absolute Gasteiger partial charge is 0.390 e. The van der Waals surface area contributed by atoms with E-state index in [-0.39, 0.29) is 18.3 Å². The molecule has 1 heterocycles. The van der Waals surface area contributed by atoms with E-state index in [4.69, 9.17) is 9.47 Å². The molecule has 0 aromatic carbocycles. The van der Waals surface area contributed by atoms with Crippen molar-refractivity contribution in [1.82, 2.24) is 0 Å². The number of hydrogen-bond donors (Lipinski definition) is 1. The number of ether oxygens (including phenoxy) is 2. The van der Waals surface area contributed by atoms with Crippen LogP contribution in [0.5, 0.6) is 0 Å². The summed E-state index contributed by atoms with van der Waals surface area (Å²) in [5, 5.41) is 9.61. The van der Waals surface area contributed by atoms with Crippen molar-refractivity contribution in [2.75, 3.05) is 0 Å². The molecule has 1 aliphatic heterocycles. The summed E-state index contributed by atoms with van der Waals surface area (Å²) in [5.41, 5.74) is 0. The van der Waals surface area contributed by atoms with Crippen molar-refractivity contribution in [3.63, 3.8) is 0 Å². The van der Waals surface area contributed by atoms with Gasteiger partial charge in [-0.1, -0.05) is 0 Å². The lowest BCUT2D eigenvalue weighted by Crippen LogP contribution is -2.38. The monoisotopic (exact) mass is 172 g/mol. The van der Waals surface area contributed by atoms with Crippen LogP contribution in [0.25, 0.3) is 0 Å². The van der Waals surface area contributed by atoms with Crippen LogP contribution in [0, 0.1) is 0 Å². The Morgan fingerprint density at radius 2 is 2.00 bits per heavy atom. The van der Waals surface area contributed by atoms with E-state index in [1.54, 1.807) is 0 Å². The lowest BCUT2D eigenvalue weighted by molar-refractivity contribution is -0.153. The van der Waals surface area contributed by atoms with Crippen LogP contribution in [0.1, 0.15) is 33.1 Å². The average Bonchev–Trinajstić information content (AvgIpc) is 2.25. The summed E-state index contributed by atoms with van der Waals surface area (Å²) in [7, 11) is 0. The molecule has 0 aromatic heterocycles. The predicted molar refractivity (Wildman–Crippen MR) is 43.7 cm³/mol. The highest BCUT2D eigenvalue weighted by molar-refractivity contribution is 4.89. The zero-order valence-electron chi connectivity index (χ0n) is 7.62. The quantitative estimate of drug-likeness (QED) is 0.593. The van der Waals surface area contributed by atoms with Gasteiger partial charge in [0.1, 0.15) is 6.10 Å². The van der Waals surface area contributed by atoms with Gasteiger partial charge in [0.25, 0.3) is 0 Å². The first kappa shape index (κ1) is 8.48. The normalized spacial score (nSPS) is 45.8. The second kappa shape index (κ2) is 2.69. The molecule has 1 saturated carbocycles. The maximum Gasteiger partial charge on any atom is 0.163 e. The molecule has 2 fully saturated rings. The van der Waals surface area contributed by atoms with Gasteiger partial charge < -0.3 is 14.6 Å². The summed E-state index contributed by atoms with van der Waals surface area (Å²) >= 11 is 0. The van der Waals surface area contributed by atoms with Gasteiger partial charge >= 0.3 is 0 Å². The summed E-state index contributed by atoms with van der Waals surface area (Å²) in [5.74, 6) is -0.499. The Hall–Kier alpha value is -0.120. The average molecular weight is 172 g/mol. The van der Waals surface area contributed by atoms with Gasteiger partial charge in [-0.2, -0.15) is 0 Å². The van der Waals surface area contributed by atoms with Gasteiger partial charge in [0.05, 0.1) is 12.2 Å². The van der Waals surface area contributed by atoms with Gasteiger partial charge in [0.15, 0.2) is 5.79 Å². The molecule has 0 spiro atoms. The second-order valence-electron chi connectivity index (χ2n) is 4.14. The number of fused-ring (bicyclic) bond motifs is 1. The van der Waals surface area contributed by atoms with Crippen molar-refractivity contribution >= 4 is 0 Å². The van der Waals surface area contributed by atoms with Crippen molar-refractivity contribution in [3.05, 3.63) is 0 Å². The second-order valence-corrected chi connectivity index (χ2v) is 4.14. The minimum absolute atomic E-state index is 0.0891. The van der Waals surface area contributed by atoms with Crippen LogP contribution >= 0.6 is 0 Å². The Bertz CT molecular complexity index is 179. The van der Waals surface area contributed by atoms with Crippen LogP contribution in [-0.4, -0.2) is 29.2 Å². The van der Waals surface area contributed by atoms with E-state index in [1.807, 2.05) is 13.8 Å². The summed E-state index contributed by atoms with van der Waals surface area (Å²) < 4.78 is 11.2. The molecule has 0 aromatic rings. The minimum atomic E-state index is -0.499. The van der Waals surface area contributed by atoms with E-state index in [2.05, 4.69) is 0 Å². The summed E-state index contributed by atoms with van der Waals surface area (Å²) in [6.07, 6.45) is 2.61. The topological polar surface area (TPSA) is 38.7 Å². The van der Waals surface area contributed by atoms with Crippen molar-refractivity contribution in [2.45, 2.75) is 57.2 Å². The van der Waals surface area contributed by atoms with Gasteiger partial charge in [-0.25, -0.2) is 0 Å². The van der Waals surface area contributed by atoms with Crippen molar-refractivity contribution in [2.24, 2.45) is 0 Å². The lowest BCUT2D eigenvalue weighted by atomic mass is 9.92. The van der Waals surface area contributed by atoms with Crippen LogP contribution in [0.2, 0.25) is 0 Å². The first-order valence-electron chi connectivity index (χ1n) is 4.62. The summed E-state index contributed by atoms with van der Waals surface area (Å²) in [6, 6.07) is 0. The zero-order valence-corrected chi connectivity index (χ0v) is 7.62. The van der Waals surface area contributed by atoms with E-state index in [9.17, 15) is 5.11 Å². The third kappa shape index (κ3) is 1.37. The molecule has 1 N–H and O–H groups in total. The Morgan fingerprint density at radius 1 is 1.25 bits per heavy atom. The SMILES string of the molecule is CC1(C)O[C@@H]2[C@@H](O)CCC[C@H]2O1. The summed E-state index contributed by atoms with van der Waals surface area (Å²) in [6.45, 7) is 3.80. The fourth-order valence-electron chi connectivity index (χ4n) is 2.10. The van der Waals surface area contributed by atoms with Crippen molar-refractivity contribution < 1.29 is 14.6 Å². The standard InChI is InChI=1S/C9H16O3/c1-9(2)11-7-5-3-4-6(10)8(7)12-9/h6-8,10H,3-5H2,1-2H3/t6-,7+,8+/m0/s1. The number of hydrogen-bond acceptors (Lipinski definition) is 3. The van der Waals surface area contributed by atoms with E-state index < -0.39 is 5.79 Å². The van der Waals surface area contributed by atoms with Crippen molar-refractivity contribution in [3.8, 4) is 0 Å². The van der Waals surface area contributed by atoms with E-state index in [0.29, 0.717) is 0 Å². The van der Waals surface area contributed by atoms with Gasteiger partial charge in [0, 0.05) is 0 Å². The maximum atomic E-state index is 9.61. The molecule has 1 saturated heterocycles. The Balaban J connectivity index is 2.09. The number of aliphatic hydroxyl groups is 1. The van der Waals surface area contributed by atoms with Crippen LogP contribution in [0.4, 0.5) is 0 Å². The van der Waals surface area contributed by atoms with Crippen LogP contribution in [0.15, 0.2) is 0 Å². The van der Waals surface area contributed by atoms with Gasteiger partial charge in [-0.3, -0.25) is 0 Å². The molecule has 1 aliphatic carbocycles. The van der Waals surface area contributed by atoms with E-state index in [1.165, 1.54) is 0 Å². The van der Waals surface area contributed by atoms with Crippen molar-refractivity contribution in [1.29, 1.82) is 0 Å². The molecule has 3 nitrogen and oxygen atoms in total. The maximum absolute atomic E-state index is 9.61. The first-order chi connectivity index (χ1) is 5.58. The molecule has 3 atom stereocenters. The van der Waals surface area contributed by atoms with Gasteiger partial charge in [-0.05, 0) is 33.1 Å². The zero-order chi connectivity index (χ0) is 8.77. The predicted octanol–water partition coefficient (Wildman–Crippen LogP) is 1.05. The smallest absolute Gasteiger partial charge is 0.163 e. The van der Waals surface area contributed by atoms with E-state index >= 15 is 0 Å². The fourth-order valence-corrected chi connectivity index (χ4v) is 2.10.